The van der Waals surface area contributed by atoms with Crippen LogP contribution in [0.3, 0.4) is 0 Å². The summed E-state index contributed by atoms with van der Waals surface area (Å²) < 4.78 is 0. The van der Waals surface area contributed by atoms with Crippen LogP contribution in [0.2, 0.25) is 0 Å². The smallest absolute Gasteiger partial charge is 0.164 e. The summed E-state index contributed by atoms with van der Waals surface area (Å²) in [6.45, 7) is 4.46. The molecule has 7 aromatic rings. The molecule has 0 bridgehead atoms. The molecule has 0 aliphatic carbocycles. The van der Waals surface area contributed by atoms with Crippen molar-refractivity contribution < 1.29 is 0 Å². The van der Waals surface area contributed by atoms with Crippen LogP contribution < -0.4 is 0 Å². The van der Waals surface area contributed by atoms with Gasteiger partial charge in [-0.1, -0.05) is 147 Å². The normalized spacial score (nSPS) is 11.1. The zero-order valence-corrected chi connectivity index (χ0v) is 25.0. The van der Waals surface area contributed by atoms with Gasteiger partial charge in [-0.3, -0.25) is 0 Å². The number of aromatic nitrogens is 3. The molecule has 0 aliphatic rings. The maximum atomic E-state index is 5.03. The number of fused-ring (bicyclic) bond motifs is 1. The van der Waals surface area contributed by atoms with Crippen molar-refractivity contribution in [1.29, 1.82) is 0 Å². The van der Waals surface area contributed by atoms with E-state index >= 15 is 0 Å². The van der Waals surface area contributed by atoms with Gasteiger partial charge in [0.25, 0.3) is 0 Å². The summed E-state index contributed by atoms with van der Waals surface area (Å²) in [5, 5.41) is 2.43. The highest BCUT2D eigenvalue weighted by atomic mass is 15.0. The molecule has 1 heterocycles. The standard InChI is InChI=1S/C41H33N3/c1-3-28-13-11-12-18-36(28)38-29(4-2)19-24-34-27-35(25-26-37(34)38)41-43-39(32-16-9-6-10-17-32)42-40(44-41)33-22-20-31(21-23-33)30-14-7-5-8-15-30/h5-27H,3-4H2,1-2H3. The summed E-state index contributed by atoms with van der Waals surface area (Å²) in [4.78, 5) is 15.0. The maximum absolute atomic E-state index is 5.03. The molecule has 0 atom stereocenters. The van der Waals surface area contributed by atoms with E-state index in [0.717, 1.165) is 35.1 Å². The molecule has 1 aromatic heterocycles. The molecule has 7 rings (SSSR count). The largest absolute Gasteiger partial charge is 0.208 e. The molecule has 0 saturated heterocycles. The number of aryl methyl sites for hydroxylation is 2. The molecule has 6 aromatic carbocycles. The molecule has 3 nitrogen and oxygen atoms in total. The van der Waals surface area contributed by atoms with E-state index in [9.17, 15) is 0 Å². The zero-order valence-electron chi connectivity index (χ0n) is 25.0. The first-order chi connectivity index (χ1) is 21.7. The fraction of sp³-hybridized carbons (Fsp3) is 0.0976. The predicted octanol–water partition coefficient (Wildman–Crippen LogP) is 10.5. The van der Waals surface area contributed by atoms with Gasteiger partial charge < -0.3 is 0 Å². The van der Waals surface area contributed by atoms with E-state index in [1.165, 1.54) is 38.6 Å². The Bertz CT molecular complexity index is 2060. The lowest BCUT2D eigenvalue weighted by Crippen LogP contribution is -2.00. The number of hydrogen-bond donors (Lipinski definition) is 0. The monoisotopic (exact) mass is 567 g/mol. The molecule has 0 amide bonds. The van der Waals surface area contributed by atoms with Gasteiger partial charge in [-0.25, -0.2) is 15.0 Å². The summed E-state index contributed by atoms with van der Waals surface area (Å²) in [5.41, 5.74) is 10.6. The Morgan fingerprint density at radius 1 is 0.409 bits per heavy atom. The van der Waals surface area contributed by atoms with E-state index in [1.807, 2.05) is 36.4 Å². The van der Waals surface area contributed by atoms with Crippen molar-refractivity contribution in [3.63, 3.8) is 0 Å². The Balaban J connectivity index is 1.36. The van der Waals surface area contributed by atoms with Gasteiger partial charge in [0.15, 0.2) is 17.5 Å². The third-order valence-corrected chi connectivity index (χ3v) is 8.33. The van der Waals surface area contributed by atoms with Crippen molar-refractivity contribution in [2.24, 2.45) is 0 Å². The van der Waals surface area contributed by atoms with Crippen molar-refractivity contribution in [2.45, 2.75) is 26.7 Å². The van der Waals surface area contributed by atoms with Gasteiger partial charge in [0.1, 0.15) is 0 Å². The van der Waals surface area contributed by atoms with Crippen molar-refractivity contribution in [2.75, 3.05) is 0 Å². The molecule has 0 spiro atoms. The van der Waals surface area contributed by atoms with Gasteiger partial charge >= 0.3 is 0 Å². The van der Waals surface area contributed by atoms with Crippen LogP contribution >= 0.6 is 0 Å². The Hall–Kier alpha value is -5.41. The number of hydrogen-bond acceptors (Lipinski definition) is 3. The highest BCUT2D eigenvalue weighted by molar-refractivity contribution is 6.00. The minimum absolute atomic E-state index is 0.660. The van der Waals surface area contributed by atoms with Crippen molar-refractivity contribution in [3.05, 3.63) is 151 Å². The van der Waals surface area contributed by atoms with E-state index in [0.29, 0.717) is 17.5 Å². The highest BCUT2D eigenvalue weighted by Gasteiger charge is 2.16. The third-order valence-electron chi connectivity index (χ3n) is 8.33. The molecule has 0 unspecified atom stereocenters. The van der Waals surface area contributed by atoms with Gasteiger partial charge in [0.2, 0.25) is 0 Å². The Labute approximate surface area is 259 Å². The van der Waals surface area contributed by atoms with Gasteiger partial charge in [-0.2, -0.15) is 0 Å². The second kappa shape index (κ2) is 12.1. The molecule has 0 radical (unpaired) electrons. The van der Waals surface area contributed by atoms with Gasteiger partial charge in [0, 0.05) is 16.7 Å². The van der Waals surface area contributed by atoms with E-state index < -0.39 is 0 Å². The van der Waals surface area contributed by atoms with Gasteiger partial charge in [-0.15, -0.1) is 0 Å². The molecule has 44 heavy (non-hydrogen) atoms. The zero-order chi connectivity index (χ0) is 29.9. The lowest BCUT2D eigenvalue weighted by Gasteiger charge is -2.16. The van der Waals surface area contributed by atoms with Crippen LogP contribution in [0.25, 0.3) is 67.2 Å². The summed E-state index contributed by atoms with van der Waals surface area (Å²) >= 11 is 0. The second-order valence-electron chi connectivity index (χ2n) is 11.0. The average molecular weight is 568 g/mol. The van der Waals surface area contributed by atoms with Gasteiger partial charge in [0.05, 0.1) is 0 Å². The van der Waals surface area contributed by atoms with E-state index in [-0.39, 0.29) is 0 Å². The van der Waals surface area contributed by atoms with Gasteiger partial charge in [-0.05, 0) is 63.1 Å². The Morgan fingerprint density at radius 3 is 1.57 bits per heavy atom. The molecule has 0 saturated carbocycles. The quantitative estimate of drug-likeness (QED) is 0.192. The molecular weight excluding hydrogens is 534 g/mol. The number of nitrogens with zero attached hydrogens (tertiary/aromatic N) is 3. The SMILES string of the molecule is CCc1ccccc1-c1c(CC)ccc2cc(-c3nc(-c4ccccc4)nc(-c4ccc(-c5ccccc5)cc4)n3)ccc12. The van der Waals surface area contributed by atoms with Crippen LogP contribution in [0.4, 0.5) is 0 Å². The first-order valence-corrected chi connectivity index (χ1v) is 15.3. The number of rotatable bonds is 7. The van der Waals surface area contributed by atoms with Crippen LogP contribution in [0.5, 0.6) is 0 Å². The van der Waals surface area contributed by atoms with Crippen molar-refractivity contribution in [3.8, 4) is 56.4 Å². The van der Waals surface area contributed by atoms with Crippen LogP contribution in [0.1, 0.15) is 25.0 Å². The predicted molar refractivity (Wildman–Crippen MR) is 183 cm³/mol. The summed E-state index contributed by atoms with van der Waals surface area (Å²) in [5.74, 6) is 1.99. The average Bonchev–Trinajstić information content (AvgIpc) is 3.11. The first kappa shape index (κ1) is 27.4. The molecular formula is C41H33N3. The first-order valence-electron chi connectivity index (χ1n) is 15.3. The molecule has 0 N–H and O–H groups in total. The molecule has 0 fully saturated rings. The van der Waals surface area contributed by atoms with Crippen LogP contribution in [0.15, 0.2) is 140 Å². The highest BCUT2D eigenvalue weighted by Crippen LogP contribution is 2.37. The Kier molecular flexibility index (Phi) is 7.52. The maximum Gasteiger partial charge on any atom is 0.164 e. The summed E-state index contributed by atoms with van der Waals surface area (Å²) in [6, 6.07) is 48.9. The van der Waals surface area contributed by atoms with Crippen LogP contribution in [0, 0.1) is 0 Å². The third kappa shape index (κ3) is 5.29. The minimum atomic E-state index is 0.660. The lowest BCUT2D eigenvalue weighted by atomic mass is 9.88. The molecule has 212 valence electrons. The topological polar surface area (TPSA) is 38.7 Å². The van der Waals surface area contributed by atoms with E-state index in [2.05, 4.69) is 117 Å². The second-order valence-corrected chi connectivity index (χ2v) is 11.0. The fourth-order valence-corrected chi connectivity index (χ4v) is 5.99. The minimum Gasteiger partial charge on any atom is -0.208 e. The van der Waals surface area contributed by atoms with Crippen LogP contribution in [-0.4, -0.2) is 15.0 Å². The fourth-order valence-electron chi connectivity index (χ4n) is 5.99. The number of benzene rings is 6. The summed E-state index contributed by atoms with van der Waals surface area (Å²) in [7, 11) is 0. The van der Waals surface area contributed by atoms with Crippen LogP contribution in [-0.2, 0) is 12.8 Å². The Morgan fingerprint density at radius 2 is 0.909 bits per heavy atom. The van der Waals surface area contributed by atoms with E-state index in [4.69, 9.17) is 15.0 Å². The van der Waals surface area contributed by atoms with Crippen molar-refractivity contribution >= 4 is 10.8 Å². The van der Waals surface area contributed by atoms with Crippen molar-refractivity contribution in [1.82, 2.24) is 15.0 Å². The molecule has 0 aliphatic heterocycles. The molecule has 3 heteroatoms. The summed E-state index contributed by atoms with van der Waals surface area (Å²) in [6.07, 6.45) is 1.97. The lowest BCUT2D eigenvalue weighted by molar-refractivity contribution is 1.07. The van der Waals surface area contributed by atoms with E-state index in [1.54, 1.807) is 0 Å².